The number of amides is 1. The van der Waals surface area contributed by atoms with Crippen molar-refractivity contribution in [3.63, 3.8) is 0 Å². The maximum atomic E-state index is 12.7. The largest absolute Gasteiger partial charge is 0.395 e. The van der Waals surface area contributed by atoms with Gasteiger partial charge in [0.25, 0.3) is 0 Å². The molecule has 0 saturated heterocycles. The molecule has 3 nitrogen and oxygen atoms in total. The molecule has 0 heterocycles. The van der Waals surface area contributed by atoms with Gasteiger partial charge in [-0.1, -0.05) is 12.8 Å². The van der Waals surface area contributed by atoms with Crippen LogP contribution in [-0.4, -0.2) is 41.3 Å². The Bertz CT molecular complexity index is 345. The fourth-order valence-corrected chi connectivity index (χ4v) is 3.70. The summed E-state index contributed by atoms with van der Waals surface area (Å²) in [7, 11) is 0. The highest BCUT2D eigenvalue weighted by Gasteiger charge is 2.43. The van der Waals surface area contributed by atoms with E-state index in [1.807, 2.05) is 0 Å². The Kier molecular flexibility index (Phi) is 5.52. The molecule has 0 unspecified atom stereocenters. The Balaban J connectivity index is 1.92. The third-order valence-corrected chi connectivity index (χ3v) is 4.93. The first-order valence-electron chi connectivity index (χ1n) is 7.91. The van der Waals surface area contributed by atoms with Crippen LogP contribution < -0.4 is 0 Å². The third-order valence-electron chi connectivity index (χ3n) is 4.93. The summed E-state index contributed by atoms with van der Waals surface area (Å²) in [5, 5.41) is 9.15. The molecule has 0 aromatic carbocycles. The SMILES string of the molecule is O=C(C1CCC(C(F)(F)F)CC1)N(CCO)C1CCCC1. The molecule has 6 heteroatoms. The zero-order valence-corrected chi connectivity index (χ0v) is 12.2. The molecule has 2 rings (SSSR count). The molecule has 0 bridgehead atoms. The predicted octanol–water partition coefficient (Wildman–Crippen LogP) is 3.12. The number of hydrogen-bond acceptors (Lipinski definition) is 2. The molecule has 0 aromatic rings. The van der Waals surface area contributed by atoms with Crippen LogP contribution in [0, 0.1) is 11.8 Å². The molecule has 0 aromatic heterocycles. The molecule has 0 aliphatic heterocycles. The highest BCUT2D eigenvalue weighted by Crippen LogP contribution is 2.40. The van der Waals surface area contributed by atoms with E-state index in [1.54, 1.807) is 4.90 Å². The van der Waals surface area contributed by atoms with Crippen molar-refractivity contribution in [3.05, 3.63) is 0 Å². The number of carbonyl (C=O) groups excluding carboxylic acids is 1. The van der Waals surface area contributed by atoms with E-state index in [-0.39, 0.29) is 37.3 Å². The van der Waals surface area contributed by atoms with Crippen molar-refractivity contribution in [1.29, 1.82) is 0 Å². The second kappa shape index (κ2) is 6.99. The monoisotopic (exact) mass is 307 g/mol. The van der Waals surface area contributed by atoms with Gasteiger partial charge in [0.15, 0.2) is 0 Å². The summed E-state index contributed by atoms with van der Waals surface area (Å²) >= 11 is 0. The summed E-state index contributed by atoms with van der Waals surface area (Å²) in [5.74, 6) is -1.59. The zero-order chi connectivity index (χ0) is 15.5. The van der Waals surface area contributed by atoms with Crippen LogP contribution >= 0.6 is 0 Å². The van der Waals surface area contributed by atoms with Gasteiger partial charge < -0.3 is 10.0 Å². The highest BCUT2D eigenvalue weighted by molar-refractivity contribution is 5.79. The summed E-state index contributed by atoms with van der Waals surface area (Å²) in [6, 6.07) is 0.171. The molecule has 2 aliphatic rings. The molecule has 1 N–H and O–H groups in total. The number of rotatable bonds is 4. The van der Waals surface area contributed by atoms with Gasteiger partial charge in [0.05, 0.1) is 12.5 Å². The van der Waals surface area contributed by atoms with Gasteiger partial charge in [-0.05, 0) is 38.5 Å². The average Bonchev–Trinajstić information content (AvgIpc) is 2.97. The van der Waals surface area contributed by atoms with Gasteiger partial charge in [-0.2, -0.15) is 13.2 Å². The fourth-order valence-electron chi connectivity index (χ4n) is 3.70. The van der Waals surface area contributed by atoms with Gasteiger partial charge in [-0.3, -0.25) is 4.79 Å². The van der Waals surface area contributed by atoms with Crippen LogP contribution in [0.15, 0.2) is 0 Å². The summed E-state index contributed by atoms with van der Waals surface area (Å²) in [5.41, 5.74) is 0. The Morgan fingerprint density at radius 1 is 1.05 bits per heavy atom. The number of aliphatic hydroxyl groups excluding tert-OH is 1. The Labute approximate surface area is 123 Å². The Morgan fingerprint density at radius 2 is 1.62 bits per heavy atom. The first-order chi connectivity index (χ1) is 9.93. The molecule has 2 aliphatic carbocycles. The molecule has 1 amide bonds. The smallest absolute Gasteiger partial charge is 0.391 e. The van der Waals surface area contributed by atoms with E-state index >= 15 is 0 Å². The Morgan fingerprint density at radius 3 is 2.10 bits per heavy atom. The van der Waals surface area contributed by atoms with E-state index in [0.29, 0.717) is 19.4 Å². The van der Waals surface area contributed by atoms with Crippen molar-refractivity contribution in [2.24, 2.45) is 11.8 Å². The second-order valence-corrected chi connectivity index (χ2v) is 6.28. The van der Waals surface area contributed by atoms with Crippen LogP contribution in [0.2, 0.25) is 0 Å². The number of nitrogens with zero attached hydrogens (tertiary/aromatic N) is 1. The van der Waals surface area contributed by atoms with Crippen molar-refractivity contribution in [2.45, 2.75) is 63.6 Å². The summed E-state index contributed by atoms with van der Waals surface area (Å²) in [6.07, 6.45) is 0.670. The fraction of sp³-hybridized carbons (Fsp3) is 0.933. The predicted molar refractivity (Wildman–Crippen MR) is 72.6 cm³/mol. The minimum Gasteiger partial charge on any atom is -0.395 e. The number of halogens is 3. The van der Waals surface area contributed by atoms with Crippen LogP contribution in [0.3, 0.4) is 0 Å². The van der Waals surface area contributed by atoms with Gasteiger partial charge in [0.2, 0.25) is 5.91 Å². The maximum absolute atomic E-state index is 12.7. The molecule has 0 radical (unpaired) electrons. The quantitative estimate of drug-likeness (QED) is 0.867. The molecule has 0 atom stereocenters. The highest BCUT2D eigenvalue weighted by atomic mass is 19.4. The van der Waals surface area contributed by atoms with Crippen LogP contribution in [-0.2, 0) is 4.79 Å². The number of alkyl halides is 3. The van der Waals surface area contributed by atoms with Crippen LogP contribution in [0.1, 0.15) is 51.4 Å². The lowest BCUT2D eigenvalue weighted by molar-refractivity contribution is -0.185. The van der Waals surface area contributed by atoms with Gasteiger partial charge in [-0.25, -0.2) is 0 Å². The number of aliphatic hydroxyl groups is 1. The molecule has 2 saturated carbocycles. The van der Waals surface area contributed by atoms with Crippen molar-refractivity contribution in [2.75, 3.05) is 13.2 Å². The molecular formula is C15H24F3NO2. The standard InChI is InChI=1S/C15H24F3NO2/c16-15(17,18)12-7-5-11(6-8-12)14(21)19(9-10-20)13-3-1-2-4-13/h11-13,20H,1-10H2. The average molecular weight is 307 g/mol. The second-order valence-electron chi connectivity index (χ2n) is 6.28. The normalized spacial score (nSPS) is 27.8. The van der Waals surface area contributed by atoms with E-state index in [4.69, 9.17) is 5.11 Å². The van der Waals surface area contributed by atoms with E-state index < -0.39 is 12.1 Å². The van der Waals surface area contributed by atoms with Gasteiger partial charge in [0, 0.05) is 18.5 Å². The van der Waals surface area contributed by atoms with Crippen LogP contribution in [0.25, 0.3) is 0 Å². The lowest BCUT2D eigenvalue weighted by Gasteiger charge is -2.35. The van der Waals surface area contributed by atoms with Crippen molar-refractivity contribution in [1.82, 2.24) is 4.90 Å². The zero-order valence-electron chi connectivity index (χ0n) is 12.2. The van der Waals surface area contributed by atoms with E-state index in [0.717, 1.165) is 25.7 Å². The number of hydrogen-bond donors (Lipinski definition) is 1. The minimum absolute atomic E-state index is 0.0448. The minimum atomic E-state index is -4.13. The van der Waals surface area contributed by atoms with Crippen LogP contribution in [0.5, 0.6) is 0 Å². The summed E-state index contributed by atoms with van der Waals surface area (Å²) < 4.78 is 38.0. The first-order valence-corrected chi connectivity index (χ1v) is 7.91. The summed E-state index contributed by atoms with van der Waals surface area (Å²) in [6.45, 7) is 0.225. The van der Waals surface area contributed by atoms with E-state index in [9.17, 15) is 18.0 Å². The van der Waals surface area contributed by atoms with Gasteiger partial charge >= 0.3 is 6.18 Å². The first kappa shape index (κ1) is 16.6. The van der Waals surface area contributed by atoms with Crippen molar-refractivity contribution in [3.8, 4) is 0 Å². The van der Waals surface area contributed by atoms with E-state index in [2.05, 4.69) is 0 Å². The van der Waals surface area contributed by atoms with Crippen molar-refractivity contribution < 1.29 is 23.1 Å². The lowest BCUT2D eigenvalue weighted by Crippen LogP contribution is -2.45. The molecule has 2 fully saturated rings. The number of carbonyl (C=O) groups is 1. The third kappa shape index (κ3) is 4.11. The van der Waals surface area contributed by atoms with E-state index in [1.165, 1.54) is 0 Å². The Hall–Kier alpha value is -0.780. The van der Waals surface area contributed by atoms with Gasteiger partial charge in [-0.15, -0.1) is 0 Å². The molecule has 21 heavy (non-hydrogen) atoms. The topological polar surface area (TPSA) is 40.5 Å². The summed E-state index contributed by atoms with van der Waals surface area (Å²) in [4.78, 5) is 14.3. The van der Waals surface area contributed by atoms with Crippen molar-refractivity contribution >= 4 is 5.91 Å². The molecule has 0 spiro atoms. The lowest BCUT2D eigenvalue weighted by atomic mass is 9.81. The van der Waals surface area contributed by atoms with Gasteiger partial charge in [0.1, 0.15) is 0 Å². The molecular weight excluding hydrogens is 283 g/mol. The molecule has 122 valence electrons. The maximum Gasteiger partial charge on any atom is 0.391 e. The van der Waals surface area contributed by atoms with Crippen LogP contribution in [0.4, 0.5) is 13.2 Å².